The normalized spacial score (nSPS) is 10.5. The minimum atomic E-state index is -0.407. The molecule has 3 rings (SSSR count). The van der Waals surface area contributed by atoms with Crippen molar-refractivity contribution in [3.05, 3.63) is 95.6 Å². The smallest absolute Gasteiger partial charge is 0.343 e. The van der Waals surface area contributed by atoms with Gasteiger partial charge >= 0.3 is 5.97 Å². The number of benzene rings is 3. The van der Waals surface area contributed by atoms with Crippen LogP contribution in [0.3, 0.4) is 0 Å². The predicted molar refractivity (Wildman–Crippen MR) is 110 cm³/mol. The zero-order valence-corrected chi connectivity index (χ0v) is 15.9. The summed E-state index contributed by atoms with van der Waals surface area (Å²) < 4.78 is 10.7. The number of rotatable bonds is 7. The van der Waals surface area contributed by atoms with Crippen molar-refractivity contribution in [2.75, 3.05) is 6.61 Å². The van der Waals surface area contributed by atoms with Gasteiger partial charge in [0.25, 0.3) is 5.91 Å². The Hall–Kier alpha value is -3.93. The quantitative estimate of drug-likeness (QED) is 0.289. The number of carbonyl (C=O) groups is 2. The first kappa shape index (κ1) is 19.8. The number of esters is 1. The third-order valence-corrected chi connectivity index (χ3v) is 3.97. The maximum absolute atomic E-state index is 12.2. The van der Waals surface area contributed by atoms with Crippen molar-refractivity contribution in [2.24, 2.45) is 5.10 Å². The molecule has 0 aliphatic rings. The molecule has 1 N–H and O–H groups in total. The van der Waals surface area contributed by atoms with Gasteiger partial charge in [-0.2, -0.15) is 5.10 Å². The van der Waals surface area contributed by atoms with Crippen molar-refractivity contribution < 1.29 is 19.1 Å². The zero-order chi connectivity index (χ0) is 20.5. The second-order valence-electron chi connectivity index (χ2n) is 6.17. The van der Waals surface area contributed by atoms with Gasteiger partial charge in [0.2, 0.25) is 0 Å². The fourth-order valence-corrected chi connectivity index (χ4v) is 2.46. The molecule has 0 fully saturated rings. The van der Waals surface area contributed by atoms with Crippen LogP contribution in [0, 0.1) is 6.92 Å². The van der Waals surface area contributed by atoms with Gasteiger partial charge in [0, 0.05) is 0 Å². The van der Waals surface area contributed by atoms with E-state index in [9.17, 15) is 9.59 Å². The Morgan fingerprint density at radius 3 is 2.31 bits per heavy atom. The summed E-state index contributed by atoms with van der Waals surface area (Å²) in [7, 11) is 0. The Balaban J connectivity index is 1.48. The molecule has 6 heteroatoms. The highest BCUT2D eigenvalue weighted by Gasteiger charge is 2.10. The van der Waals surface area contributed by atoms with E-state index in [2.05, 4.69) is 10.5 Å². The van der Waals surface area contributed by atoms with E-state index in [1.165, 1.54) is 6.21 Å². The van der Waals surface area contributed by atoms with E-state index in [0.29, 0.717) is 17.1 Å². The molecule has 29 heavy (non-hydrogen) atoms. The lowest BCUT2D eigenvalue weighted by atomic mass is 10.1. The summed E-state index contributed by atoms with van der Waals surface area (Å²) in [6.07, 6.45) is 1.49. The maximum Gasteiger partial charge on any atom is 0.343 e. The molecule has 0 saturated heterocycles. The van der Waals surface area contributed by atoms with Crippen LogP contribution in [0.2, 0.25) is 0 Å². The molecule has 1 amide bonds. The number of nitrogens with one attached hydrogen (secondary N) is 1. The highest BCUT2D eigenvalue weighted by molar-refractivity contribution is 5.92. The van der Waals surface area contributed by atoms with Gasteiger partial charge in [0.05, 0.1) is 11.8 Å². The first-order chi connectivity index (χ1) is 14.1. The molecule has 0 aliphatic heterocycles. The van der Waals surface area contributed by atoms with E-state index in [4.69, 9.17) is 9.47 Å². The molecule has 3 aromatic rings. The number of nitrogens with zero attached hydrogens (tertiary/aromatic N) is 1. The Labute approximate surface area is 168 Å². The topological polar surface area (TPSA) is 77.0 Å². The molecule has 0 heterocycles. The Morgan fingerprint density at radius 2 is 1.59 bits per heavy atom. The number of amides is 1. The Morgan fingerprint density at radius 1 is 0.897 bits per heavy atom. The van der Waals surface area contributed by atoms with Gasteiger partial charge in [-0.05, 0) is 60.5 Å². The van der Waals surface area contributed by atoms with Crippen molar-refractivity contribution in [3.8, 4) is 11.5 Å². The summed E-state index contributed by atoms with van der Waals surface area (Å²) >= 11 is 0. The lowest BCUT2D eigenvalue weighted by molar-refractivity contribution is -0.123. The molecule has 0 aliphatic carbocycles. The molecular formula is C23H20N2O4. The molecule has 0 spiro atoms. The summed E-state index contributed by atoms with van der Waals surface area (Å²) in [5, 5.41) is 3.89. The Bertz CT molecular complexity index is 999. The van der Waals surface area contributed by atoms with Crippen LogP contribution in [-0.4, -0.2) is 24.7 Å². The molecule has 146 valence electrons. The summed E-state index contributed by atoms with van der Waals surface area (Å²) in [5.74, 6) is 0.266. The number of hydrogen-bond donors (Lipinski definition) is 1. The lowest BCUT2D eigenvalue weighted by Gasteiger charge is -2.06. The minimum absolute atomic E-state index is 0.130. The molecule has 0 bridgehead atoms. The van der Waals surface area contributed by atoms with Crippen molar-refractivity contribution in [2.45, 2.75) is 6.92 Å². The van der Waals surface area contributed by atoms with E-state index in [1.54, 1.807) is 48.5 Å². The van der Waals surface area contributed by atoms with Crippen LogP contribution in [0.1, 0.15) is 21.5 Å². The van der Waals surface area contributed by atoms with Gasteiger partial charge in [-0.25, -0.2) is 10.2 Å². The third-order valence-electron chi connectivity index (χ3n) is 3.97. The summed E-state index contributed by atoms with van der Waals surface area (Å²) in [4.78, 5) is 24.0. The zero-order valence-electron chi connectivity index (χ0n) is 15.9. The van der Waals surface area contributed by atoms with Crippen molar-refractivity contribution >= 4 is 18.1 Å². The second kappa shape index (κ2) is 9.85. The van der Waals surface area contributed by atoms with E-state index in [-0.39, 0.29) is 12.5 Å². The van der Waals surface area contributed by atoms with Gasteiger partial charge in [0.15, 0.2) is 6.61 Å². The number of ether oxygens (including phenoxy) is 2. The fourth-order valence-electron chi connectivity index (χ4n) is 2.46. The van der Waals surface area contributed by atoms with Crippen LogP contribution < -0.4 is 14.9 Å². The molecule has 0 unspecified atom stereocenters. The molecule has 0 radical (unpaired) electrons. The number of para-hydroxylation sites is 1. The fraction of sp³-hybridized carbons (Fsp3) is 0.0870. The predicted octanol–water partition coefficient (Wildman–Crippen LogP) is 3.74. The first-order valence-electron chi connectivity index (χ1n) is 8.99. The van der Waals surface area contributed by atoms with Gasteiger partial charge in [0.1, 0.15) is 11.5 Å². The van der Waals surface area contributed by atoms with Gasteiger partial charge in [-0.1, -0.05) is 36.4 Å². The SMILES string of the molecule is Cc1ccccc1C(=O)Oc1ccc(C=NNC(=O)COc2ccccc2)cc1. The maximum atomic E-state index is 12.2. The first-order valence-corrected chi connectivity index (χ1v) is 8.99. The van der Waals surface area contributed by atoms with Crippen molar-refractivity contribution in [1.29, 1.82) is 0 Å². The molecule has 0 aromatic heterocycles. The minimum Gasteiger partial charge on any atom is -0.484 e. The van der Waals surface area contributed by atoms with Gasteiger partial charge in [-0.15, -0.1) is 0 Å². The summed E-state index contributed by atoms with van der Waals surface area (Å²) in [5.41, 5.74) is 4.52. The molecule has 6 nitrogen and oxygen atoms in total. The van der Waals surface area contributed by atoms with Crippen LogP contribution in [0.4, 0.5) is 0 Å². The number of hydrazone groups is 1. The summed E-state index contributed by atoms with van der Waals surface area (Å²) in [6, 6.07) is 23.1. The monoisotopic (exact) mass is 388 g/mol. The number of hydrogen-bond acceptors (Lipinski definition) is 5. The second-order valence-corrected chi connectivity index (χ2v) is 6.17. The van der Waals surface area contributed by atoms with Crippen molar-refractivity contribution in [1.82, 2.24) is 5.43 Å². The third kappa shape index (κ3) is 6.04. The summed E-state index contributed by atoms with van der Waals surface area (Å²) in [6.45, 7) is 1.73. The molecule has 0 saturated carbocycles. The number of aryl methyl sites for hydroxylation is 1. The van der Waals surface area contributed by atoms with Crippen LogP contribution >= 0.6 is 0 Å². The average molecular weight is 388 g/mol. The highest BCUT2D eigenvalue weighted by atomic mass is 16.5. The van der Waals surface area contributed by atoms with Gasteiger partial charge < -0.3 is 9.47 Å². The number of carbonyl (C=O) groups excluding carboxylic acids is 2. The van der Waals surface area contributed by atoms with E-state index >= 15 is 0 Å². The molecule has 3 aromatic carbocycles. The molecular weight excluding hydrogens is 368 g/mol. The lowest BCUT2D eigenvalue weighted by Crippen LogP contribution is -2.24. The van der Waals surface area contributed by atoms with Crippen molar-refractivity contribution in [3.63, 3.8) is 0 Å². The van der Waals surface area contributed by atoms with Crippen LogP contribution in [0.15, 0.2) is 84.0 Å². The van der Waals surface area contributed by atoms with E-state index in [1.807, 2.05) is 37.3 Å². The van der Waals surface area contributed by atoms with Crippen LogP contribution in [0.5, 0.6) is 11.5 Å². The van der Waals surface area contributed by atoms with Crippen LogP contribution in [0.25, 0.3) is 0 Å². The van der Waals surface area contributed by atoms with Crippen LogP contribution in [-0.2, 0) is 4.79 Å². The van der Waals surface area contributed by atoms with E-state index < -0.39 is 5.97 Å². The largest absolute Gasteiger partial charge is 0.484 e. The van der Waals surface area contributed by atoms with Gasteiger partial charge in [-0.3, -0.25) is 4.79 Å². The van der Waals surface area contributed by atoms with E-state index in [0.717, 1.165) is 11.1 Å². The Kier molecular flexibility index (Phi) is 6.73. The standard InChI is InChI=1S/C23H20N2O4/c1-17-7-5-6-10-21(17)23(27)29-20-13-11-18(12-14-20)15-24-25-22(26)16-28-19-8-3-2-4-9-19/h2-15H,16H2,1H3,(H,25,26). The average Bonchev–Trinajstić information content (AvgIpc) is 2.74. The molecule has 0 atom stereocenters. The highest BCUT2D eigenvalue weighted by Crippen LogP contribution is 2.15.